The Hall–Kier alpha value is -0.660. The molecule has 0 aromatic rings. The molecule has 1 atom stereocenters. The van der Waals surface area contributed by atoms with Crippen LogP contribution >= 0.6 is 0 Å². The third kappa shape index (κ3) is 1.67. The summed E-state index contributed by atoms with van der Waals surface area (Å²) in [5.41, 5.74) is 0. The van der Waals surface area contributed by atoms with Crippen LogP contribution in [0.5, 0.6) is 0 Å². The molecule has 0 saturated heterocycles. The number of rotatable bonds is 3. The van der Waals surface area contributed by atoms with E-state index in [1.54, 1.807) is 0 Å². The molecule has 1 radical (unpaired) electrons. The fourth-order valence-electron chi connectivity index (χ4n) is 0.346. The Morgan fingerprint density at radius 3 is 1.91 bits per heavy atom. The predicted octanol–water partition coefficient (Wildman–Crippen LogP) is -1.13. The molecule has 0 aromatic carbocycles. The second-order valence-corrected chi connectivity index (χ2v) is 3.44. The lowest BCUT2D eigenvalue weighted by molar-refractivity contribution is -0.150. The Labute approximate surface area is 63.2 Å². The number of carbonyl (C=O) groups is 1. The standard InChI is InChI=1S/C4H7O6S/c1-2-4(7,3(5)6)11(8,9)10/h7H,1-2H2,(H,5,6)(H,8,9,10). The fraction of sp³-hybridized carbons (Fsp3) is 0.500. The van der Waals surface area contributed by atoms with E-state index in [1.807, 2.05) is 0 Å². The first-order chi connectivity index (χ1) is 4.75. The zero-order chi connectivity index (χ0) is 9.28. The van der Waals surface area contributed by atoms with Crippen LogP contribution in [0, 0.1) is 6.92 Å². The van der Waals surface area contributed by atoms with Gasteiger partial charge in [-0.25, -0.2) is 4.79 Å². The number of aliphatic hydroxyl groups is 1. The highest BCUT2D eigenvalue weighted by Crippen LogP contribution is 2.16. The van der Waals surface area contributed by atoms with E-state index >= 15 is 0 Å². The Bertz CT molecular complexity index is 254. The lowest BCUT2D eigenvalue weighted by Gasteiger charge is -2.16. The van der Waals surface area contributed by atoms with Crippen molar-refractivity contribution in [1.29, 1.82) is 0 Å². The van der Waals surface area contributed by atoms with E-state index < -0.39 is 27.4 Å². The molecule has 11 heavy (non-hydrogen) atoms. The zero-order valence-corrected chi connectivity index (χ0v) is 6.21. The maximum Gasteiger partial charge on any atom is 0.354 e. The van der Waals surface area contributed by atoms with Gasteiger partial charge in [0.2, 0.25) is 0 Å². The van der Waals surface area contributed by atoms with E-state index in [2.05, 4.69) is 6.92 Å². The highest BCUT2D eigenvalue weighted by Gasteiger charge is 2.47. The molecule has 0 bridgehead atoms. The number of carboxylic acid groups (broad SMARTS) is 1. The molecule has 1 unspecified atom stereocenters. The monoisotopic (exact) mass is 183 g/mol. The van der Waals surface area contributed by atoms with E-state index in [0.717, 1.165) is 0 Å². The zero-order valence-electron chi connectivity index (χ0n) is 5.39. The summed E-state index contributed by atoms with van der Waals surface area (Å²) >= 11 is 0. The summed E-state index contributed by atoms with van der Waals surface area (Å²) in [6, 6.07) is 0. The predicted molar refractivity (Wildman–Crippen MR) is 34.1 cm³/mol. The van der Waals surface area contributed by atoms with Crippen molar-refractivity contribution < 1.29 is 28.0 Å². The molecule has 6 nitrogen and oxygen atoms in total. The maximum absolute atomic E-state index is 10.2. The minimum Gasteiger partial charge on any atom is -0.478 e. The summed E-state index contributed by atoms with van der Waals surface area (Å²) in [6.45, 7) is 2.88. The van der Waals surface area contributed by atoms with Crippen LogP contribution < -0.4 is 0 Å². The molecule has 0 heterocycles. The Kier molecular flexibility index (Phi) is 2.60. The third-order valence-electron chi connectivity index (χ3n) is 1.10. The van der Waals surface area contributed by atoms with Crippen molar-refractivity contribution in [1.82, 2.24) is 0 Å². The summed E-state index contributed by atoms with van der Waals surface area (Å²) < 4.78 is 28.6. The quantitative estimate of drug-likeness (QED) is 0.477. The first kappa shape index (κ1) is 10.3. The van der Waals surface area contributed by atoms with Gasteiger partial charge < -0.3 is 10.2 Å². The van der Waals surface area contributed by atoms with Gasteiger partial charge in [0.1, 0.15) is 0 Å². The molecule has 65 valence electrons. The first-order valence-electron chi connectivity index (χ1n) is 2.47. The molecule has 7 heteroatoms. The van der Waals surface area contributed by atoms with Gasteiger partial charge in [-0.2, -0.15) is 8.42 Å². The fourth-order valence-corrected chi connectivity index (χ4v) is 0.825. The number of aliphatic carboxylic acids is 1. The molecule has 0 aromatic heterocycles. The van der Waals surface area contributed by atoms with Gasteiger partial charge in [0.25, 0.3) is 4.93 Å². The van der Waals surface area contributed by atoms with Crippen LogP contribution in [0.1, 0.15) is 6.42 Å². The van der Waals surface area contributed by atoms with Gasteiger partial charge in [0, 0.05) is 6.42 Å². The normalized spacial score (nSPS) is 17.4. The Morgan fingerprint density at radius 2 is 1.91 bits per heavy atom. The SMILES string of the molecule is [CH2]CC(O)(C(=O)O)S(=O)(=O)O. The first-order valence-corrected chi connectivity index (χ1v) is 3.91. The topological polar surface area (TPSA) is 112 Å². The lowest BCUT2D eigenvalue weighted by Crippen LogP contribution is -2.45. The Balaban J connectivity index is 5.09. The van der Waals surface area contributed by atoms with Gasteiger partial charge in [-0.3, -0.25) is 4.55 Å². The lowest BCUT2D eigenvalue weighted by atomic mass is 10.3. The van der Waals surface area contributed by atoms with Gasteiger partial charge in [-0.15, -0.1) is 0 Å². The van der Waals surface area contributed by atoms with Crippen LogP contribution in [0.15, 0.2) is 0 Å². The van der Waals surface area contributed by atoms with Crippen LogP contribution in [0.25, 0.3) is 0 Å². The summed E-state index contributed by atoms with van der Waals surface area (Å²) in [5.74, 6) is -2.05. The van der Waals surface area contributed by atoms with Gasteiger partial charge in [0.15, 0.2) is 0 Å². The summed E-state index contributed by atoms with van der Waals surface area (Å²) in [7, 11) is -5.02. The molecule has 0 amide bonds. The van der Waals surface area contributed by atoms with Crippen molar-refractivity contribution >= 4 is 16.1 Å². The second kappa shape index (κ2) is 2.76. The van der Waals surface area contributed by atoms with Crippen LogP contribution in [-0.2, 0) is 14.9 Å². The summed E-state index contributed by atoms with van der Waals surface area (Å²) in [4.78, 5) is 6.88. The van der Waals surface area contributed by atoms with Crippen LogP contribution in [0.3, 0.4) is 0 Å². The molecule has 0 aliphatic carbocycles. The van der Waals surface area contributed by atoms with Crippen molar-refractivity contribution in [3.05, 3.63) is 6.92 Å². The Morgan fingerprint density at radius 1 is 1.55 bits per heavy atom. The van der Waals surface area contributed by atoms with Crippen LogP contribution in [-0.4, -0.2) is 34.1 Å². The van der Waals surface area contributed by atoms with E-state index in [0.29, 0.717) is 0 Å². The molecular weight excluding hydrogens is 176 g/mol. The molecule has 0 saturated carbocycles. The van der Waals surface area contributed by atoms with Crippen molar-refractivity contribution in [3.63, 3.8) is 0 Å². The smallest absolute Gasteiger partial charge is 0.354 e. The molecule has 0 fully saturated rings. The highest BCUT2D eigenvalue weighted by molar-refractivity contribution is 7.87. The van der Waals surface area contributed by atoms with Gasteiger partial charge in [-0.05, 0) is 6.92 Å². The second-order valence-electron chi connectivity index (χ2n) is 1.81. The number of hydrogen-bond acceptors (Lipinski definition) is 4. The van der Waals surface area contributed by atoms with Gasteiger partial charge in [-0.1, -0.05) is 0 Å². The molecule has 3 N–H and O–H groups in total. The van der Waals surface area contributed by atoms with Crippen molar-refractivity contribution in [2.45, 2.75) is 11.4 Å². The average molecular weight is 183 g/mol. The van der Waals surface area contributed by atoms with Crippen LogP contribution in [0.4, 0.5) is 0 Å². The van der Waals surface area contributed by atoms with Crippen molar-refractivity contribution in [3.8, 4) is 0 Å². The van der Waals surface area contributed by atoms with E-state index in [-0.39, 0.29) is 0 Å². The number of hydrogen-bond donors (Lipinski definition) is 3. The van der Waals surface area contributed by atoms with Gasteiger partial charge in [0.05, 0.1) is 0 Å². The molecular formula is C4H7O6S. The van der Waals surface area contributed by atoms with Gasteiger partial charge >= 0.3 is 16.1 Å². The average Bonchev–Trinajstić information content (AvgIpc) is 1.83. The van der Waals surface area contributed by atoms with Crippen molar-refractivity contribution in [2.24, 2.45) is 0 Å². The van der Waals surface area contributed by atoms with E-state index in [4.69, 9.17) is 14.8 Å². The summed E-state index contributed by atoms with van der Waals surface area (Å²) in [5, 5.41) is 16.9. The minimum absolute atomic E-state index is 0.860. The molecule has 0 aliphatic heterocycles. The maximum atomic E-state index is 10.2. The summed E-state index contributed by atoms with van der Waals surface area (Å²) in [6.07, 6.45) is -0.860. The number of carboxylic acids is 1. The minimum atomic E-state index is -5.02. The third-order valence-corrected chi connectivity index (χ3v) is 2.33. The van der Waals surface area contributed by atoms with E-state index in [1.165, 1.54) is 0 Å². The van der Waals surface area contributed by atoms with E-state index in [9.17, 15) is 13.2 Å². The van der Waals surface area contributed by atoms with Crippen molar-refractivity contribution in [2.75, 3.05) is 0 Å². The largest absolute Gasteiger partial charge is 0.478 e. The molecule has 0 aliphatic rings. The molecule has 0 spiro atoms. The molecule has 0 rings (SSSR count). The highest BCUT2D eigenvalue weighted by atomic mass is 32.2. The van der Waals surface area contributed by atoms with Crippen LogP contribution in [0.2, 0.25) is 0 Å².